The highest BCUT2D eigenvalue weighted by atomic mass is 16.7. The molecule has 1 heterocycles. The van der Waals surface area contributed by atoms with Gasteiger partial charge in [-0.25, -0.2) is 0 Å². The molecule has 0 saturated carbocycles. The van der Waals surface area contributed by atoms with Crippen molar-refractivity contribution in [1.82, 2.24) is 0 Å². The van der Waals surface area contributed by atoms with E-state index in [4.69, 9.17) is 14.2 Å². The van der Waals surface area contributed by atoms with Crippen LogP contribution in [-0.2, 0) is 20.7 Å². The number of carbonyl (C=O) groups is 3. The summed E-state index contributed by atoms with van der Waals surface area (Å²) in [5, 5.41) is 53.5. The van der Waals surface area contributed by atoms with Crippen LogP contribution in [0.3, 0.4) is 0 Å². The number of hydrogen-bond donors (Lipinski definition) is 5. The summed E-state index contributed by atoms with van der Waals surface area (Å²) in [5.41, 5.74) is -3.43. The first-order valence-corrected chi connectivity index (χ1v) is 12.2. The minimum atomic E-state index is -2.20. The molecule has 0 amide bonds. The molecule has 2 aromatic rings. The van der Waals surface area contributed by atoms with Crippen LogP contribution in [0.5, 0.6) is 17.2 Å². The van der Waals surface area contributed by atoms with Crippen molar-refractivity contribution in [2.75, 3.05) is 13.7 Å². The molecule has 3 aliphatic rings. The van der Waals surface area contributed by atoms with Gasteiger partial charge in [0.25, 0.3) is 0 Å². The van der Waals surface area contributed by atoms with Crippen molar-refractivity contribution in [3.05, 3.63) is 51.6 Å². The molecular formula is C27H28O11. The number of phenolic OH excluding ortho intramolecular Hbond substituents is 2. The quantitative estimate of drug-likeness (QED) is 0.299. The number of Topliss-reactive ketones (excluding diaryl/α,β-unsaturated/α-hetero) is 1. The molecule has 5 rings (SSSR count). The summed E-state index contributed by atoms with van der Waals surface area (Å²) in [7, 11) is 1.33. The Morgan fingerprint density at radius 2 is 1.82 bits per heavy atom. The summed E-state index contributed by atoms with van der Waals surface area (Å²) >= 11 is 0. The van der Waals surface area contributed by atoms with E-state index in [1.54, 1.807) is 6.92 Å². The maximum absolute atomic E-state index is 13.6. The van der Waals surface area contributed by atoms with Crippen molar-refractivity contribution in [1.29, 1.82) is 0 Å². The van der Waals surface area contributed by atoms with Crippen molar-refractivity contribution >= 4 is 17.3 Å². The average Bonchev–Trinajstić information content (AvgIpc) is 2.90. The van der Waals surface area contributed by atoms with Crippen molar-refractivity contribution in [3.8, 4) is 17.2 Å². The number of fused-ring (bicyclic) bond motifs is 3. The van der Waals surface area contributed by atoms with Crippen LogP contribution < -0.4 is 4.74 Å². The minimum Gasteiger partial charge on any atom is -0.507 e. The van der Waals surface area contributed by atoms with Gasteiger partial charge in [0.15, 0.2) is 17.9 Å². The number of ketones is 3. The van der Waals surface area contributed by atoms with E-state index in [1.165, 1.54) is 25.3 Å². The third-order valence-electron chi connectivity index (χ3n) is 7.66. The molecule has 5 atom stereocenters. The topological polar surface area (TPSA) is 180 Å². The van der Waals surface area contributed by atoms with Crippen LogP contribution in [0.4, 0.5) is 0 Å². The van der Waals surface area contributed by atoms with Crippen molar-refractivity contribution in [2.45, 2.75) is 62.8 Å². The van der Waals surface area contributed by atoms with Gasteiger partial charge in [0.05, 0.1) is 42.1 Å². The SMILES string of the molecule is COc1cccc2c1C(=O)c1c(O)c3c(c(O)c1C2=O)C[C@@](O)(C(=O)CO)C[C@@H]3O[C@H]1CC[C@@H](O)[C@H](C)O1. The molecule has 0 spiro atoms. The fourth-order valence-electron chi connectivity index (χ4n) is 5.62. The van der Waals surface area contributed by atoms with Gasteiger partial charge in [-0.15, -0.1) is 0 Å². The van der Waals surface area contributed by atoms with E-state index in [9.17, 15) is 39.9 Å². The van der Waals surface area contributed by atoms with Gasteiger partial charge < -0.3 is 39.7 Å². The zero-order chi connectivity index (χ0) is 27.5. The van der Waals surface area contributed by atoms with Gasteiger partial charge in [0.2, 0.25) is 5.78 Å². The fraction of sp³-hybridized carbons (Fsp3) is 0.444. The molecule has 1 fully saturated rings. The molecule has 202 valence electrons. The monoisotopic (exact) mass is 528 g/mol. The Kier molecular flexibility index (Phi) is 6.52. The van der Waals surface area contributed by atoms with E-state index >= 15 is 0 Å². The summed E-state index contributed by atoms with van der Waals surface area (Å²) in [6, 6.07) is 4.39. The number of benzene rings is 2. The lowest BCUT2D eigenvalue weighted by Gasteiger charge is -2.41. The highest BCUT2D eigenvalue weighted by molar-refractivity contribution is 6.31. The van der Waals surface area contributed by atoms with Gasteiger partial charge in [-0.1, -0.05) is 12.1 Å². The number of aliphatic hydroxyl groups excluding tert-OH is 2. The van der Waals surface area contributed by atoms with Crippen LogP contribution in [0.25, 0.3) is 0 Å². The molecule has 2 aromatic carbocycles. The number of rotatable bonds is 5. The highest BCUT2D eigenvalue weighted by Crippen LogP contribution is 2.52. The Morgan fingerprint density at radius 3 is 2.47 bits per heavy atom. The first-order chi connectivity index (χ1) is 18.0. The number of hydrogen-bond acceptors (Lipinski definition) is 11. The van der Waals surface area contributed by atoms with E-state index in [1.807, 2.05) is 0 Å². The smallest absolute Gasteiger partial charge is 0.202 e. The third kappa shape index (κ3) is 3.89. The Labute approximate surface area is 217 Å². The van der Waals surface area contributed by atoms with Crippen LogP contribution in [0.1, 0.15) is 75.3 Å². The van der Waals surface area contributed by atoms with E-state index in [0.29, 0.717) is 6.42 Å². The molecule has 0 bridgehead atoms. The second-order valence-electron chi connectivity index (χ2n) is 9.91. The maximum Gasteiger partial charge on any atom is 0.202 e. The predicted octanol–water partition coefficient (Wildman–Crippen LogP) is 1.06. The van der Waals surface area contributed by atoms with Gasteiger partial charge in [0, 0.05) is 36.0 Å². The number of ether oxygens (including phenoxy) is 3. The molecule has 2 aliphatic carbocycles. The lowest BCUT2D eigenvalue weighted by atomic mass is 9.72. The number of phenols is 2. The van der Waals surface area contributed by atoms with Gasteiger partial charge in [-0.05, 0) is 19.4 Å². The number of aromatic hydroxyl groups is 2. The van der Waals surface area contributed by atoms with Gasteiger partial charge in [-0.2, -0.15) is 0 Å². The summed E-state index contributed by atoms with van der Waals surface area (Å²) in [5.74, 6) is -3.64. The Bertz CT molecular complexity index is 1350. The van der Waals surface area contributed by atoms with E-state index in [2.05, 4.69) is 0 Å². The Morgan fingerprint density at radius 1 is 1.11 bits per heavy atom. The van der Waals surface area contributed by atoms with E-state index < -0.39 is 89.6 Å². The standard InChI is InChI=1S/C27H28O11/c1-11-14(29)6-7-18(37-11)38-16-9-27(35,17(30)10-28)8-13-20(16)26(34)22-21(24(13)32)23(31)12-4-3-5-15(36-2)19(12)25(22)33/h3-5,11,14,16,18,28-29,32,34-35H,6-10H2,1-2H3/t11-,14+,16-,18-,27-/m0/s1. The van der Waals surface area contributed by atoms with Crippen LogP contribution in [0.15, 0.2) is 18.2 Å². The molecule has 5 N–H and O–H groups in total. The average molecular weight is 529 g/mol. The first-order valence-electron chi connectivity index (χ1n) is 12.2. The van der Waals surface area contributed by atoms with E-state index in [-0.39, 0.29) is 34.4 Å². The van der Waals surface area contributed by atoms with Crippen LogP contribution >= 0.6 is 0 Å². The van der Waals surface area contributed by atoms with E-state index in [0.717, 1.165) is 0 Å². The second-order valence-corrected chi connectivity index (χ2v) is 9.91. The summed E-state index contributed by atoms with van der Waals surface area (Å²) in [4.78, 5) is 39.7. The summed E-state index contributed by atoms with van der Waals surface area (Å²) in [6.07, 6.45) is -3.85. The van der Waals surface area contributed by atoms with Gasteiger partial charge >= 0.3 is 0 Å². The molecule has 11 heteroatoms. The second kappa shape index (κ2) is 9.44. The van der Waals surface area contributed by atoms with Crippen molar-refractivity contribution in [2.24, 2.45) is 0 Å². The number of carbonyl (C=O) groups excluding carboxylic acids is 3. The normalized spacial score (nSPS) is 28.3. The van der Waals surface area contributed by atoms with Crippen molar-refractivity contribution in [3.63, 3.8) is 0 Å². The van der Waals surface area contributed by atoms with Crippen LogP contribution in [-0.4, -0.2) is 80.7 Å². The van der Waals surface area contributed by atoms with Crippen molar-refractivity contribution < 1.29 is 54.1 Å². The molecule has 38 heavy (non-hydrogen) atoms. The van der Waals surface area contributed by atoms with Crippen LogP contribution in [0, 0.1) is 0 Å². The molecule has 11 nitrogen and oxygen atoms in total. The maximum atomic E-state index is 13.6. The third-order valence-corrected chi connectivity index (χ3v) is 7.66. The van der Waals surface area contributed by atoms with Gasteiger partial charge in [-0.3, -0.25) is 14.4 Å². The first kappa shape index (κ1) is 26.3. The van der Waals surface area contributed by atoms with Gasteiger partial charge in [0.1, 0.15) is 29.5 Å². The lowest BCUT2D eigenvalue weighted by Crippen LogP contribution is -2.48. The predicted molar refractivity (Wildman–Crippen MR) is 128 cm³/mol. The Hall–Kier alpha value is -3.35. The fourth-order valence-corrected chi connectivity index (χ4v) is 5.62. The molecule has 1 saturated heterocycles. The number of methoxy groups -OCH3 is 1. The summed E-state index contributed by atoms with van der Waals surface area (Å²) in [6.45, 7) is 0.652. The Balaban J connectivity index is 1.69. The summed E-state index contributed by atoms with van der Waals surface area (Å²) < 4.78 is 17.0. The molecule has 0 radical (unpaired) electrons. The zero-order valence-electron chi connectivity index (χ0n) is 20.8. The molecule has 1 aliphatic heterocycles. The molecule has 0 unspecified atom stereocenters. The largest absolute Gasteiger partial charge is 0.507 e. The zero-order valence-corrected chi connectivity index (χ0v) is 20.8. The minimum absolute atomic E-state index is 0.0371. The lowest BCUT2D eigenvalue weighted by molar-refractivity contribution is -0.243. The number of aliphatic hydroxyl groups is 3. The molecular weight excluding hydrogens is 500 g/mol. The van der Waals surface area contributed by atoms with Crippen LogP contribution in [0.2, 0.25) is 0 Å². The highest BCUT2D eigenvalue weighted by Gasteiger charge is 2.49. The molecule has 0 aromatic heterocycles.